The van der Waals surface area contributed by atoms with E-state index in [1.807, 2.05) is 0 Å². The van der Waals surface area contributed by atoms with Crippen molar-refractivity contribution in [2.45, 2.75) is 71.3 Å². The van der Waals surface area contributed by atoms with E-state index >= 15 is 0 Å². The van der Waals surface area contributed by atoms with E-state index in [4.69, 9.17) is 5.73 Å². The first kappa shape index (κ1) is 15.3. The molecule has 2 unspecified atom stereocenters. The molecular formula is C17H34N2. The standard InChI is InChI=1S/C17H34N2/c1-17(2)10-8-16(9-11-17)19(3)13-15-7-5-4-6-14(15)12-18/h14-16H,4-13,18H2,1-3H3. The van der Waals surface area contributed by atoms with Crippen LogP contribution in [-0.2, 0) is 0 Å². The molecule has 0 amide bonds. The SMILES string of the molecule is CN(CC1CCCCC1CN)C1CCC(C)(C)CC1. The first-order chi connectivity index (χ1) is 9.02. The molecular weight excluding hydrogens is 232 g/mol. The Bertz CT molecular complexity index is 264. The van der Waals surface area contributed by atoms with Gasteiger partial charge in [0.1, 0.15) is 0 Å². The second-order valence-electron chi connectivity index (χ2n) is 7.88. The number of hydrogen-bond donors (Lipinski definition) is 1. The molecule has 2 fully saturated rings. The Labute approximate surface area is 120 Å². The molecule has 0 aromatic heterocycles. The number of rotatable bonds is 4. The number of nitrogens with two attached hydrogens (primary N) is 1. The van der Waals surface area contributed by atoms with E-state index < -0.39 is 0 Å². The van der Waals surface area contributed by atoms with Crippen LogP contribution in [0.3, 0.4) is 0 Å². The minimum absolute atomic E-state index is 0.585. The first-order valence-corrected chi connectivity index (χ1v) is 8.42. The number of hydrogen-bond acceptors (Lipinski definition) is 2. The quantitative estimate of drug-likeness (QED) is 0.841. The van der Waals surface area contributed by atoms with Crippen molar-refractivity contribution in [1.29, 1.82) is 0 Å². The largest absolute Gasteiger partial charge is 0.330 e. The lowest BCUT2D eigenvalue weighted by molar-refractivity contribution is 0.0920. The van der Waals surface area contributed by atoms with Crippen molar-refractivity contribution in [2.75, 3.05) is 20.1 Å². The molecule has 0 bridgehead atoms. The van der Waals surface area contributed by atoms with Crippen LogP contribution in [-0.4, -0.2) is 31.1 Å². The maximum atomic E-state index is 5.96. The van der Waals surface area contributed by atoms with Gasteiger partial charge in [0.15, 0.2) is 0 Å². The molecule has 2 saturated carbocycles. The highest BCUT2D eigenvalue weighted by Gasteiger charge is 2.31. The third-order valence-corrected chi connectivity index (χ3v) is 5.82. The van der Waals surface area contributed by atoms with Crippen molar-refractivity contribution in [3.63, 3.8) is 0 Å². The second-order valence-corrected chi connectivity index (χ2v) is 7.88. The molecule has 0 aromatic carbocycles. The average Bonchev–Trinajstić information content (AvgIpc) is 2.39. The Kier molecular flexibility index (Phi) is 5.30. The summed E-state index contributed by atoms with van der Waals surface area (Å²) >= 11 is 0. The van der Waals surface area contributed by atoms with E-state index in [0.29, 0.717) is 5.41 Å². The highest BCUT2D eigenvalue weighted by Crippen LogP contribution is 2.37. The Morgan fingerprint density at radius 2 is 1.58 bits per heavy atom. The maximum absolute atomic E-state index is 5.96. The molecule has 2 aliphatic rings. The van der Waals surface area contributed by atoms with Gasteiger partial charge in [-0.15, -0.1) is 0 Å². The van der Waals surface area contributed by atoms with E-state index in [2.05, 4.69) is 25.8 Å². The smallest absolute Gasteiger partial charge is 0.00927 e. The topological polar surface area (TPSA) is 29.3 Å². The fourth-order valence-electron chi connectivity index (χ4n) is 4.18. The summed E-state index contributed by atoms with van der Waals surface area (Å²) in [5, 5.41) is 0. The second kappa shape index (κ2) is 6.58. The van der Waals surface area contributed by atoms with E-state index in [-0.39, 0.29) is 0 Å². The van der Waals surface area contributed by atoms with Crippen LogP contribution < -0.4 is 5.73 Å². The lowest BCUT2D eigenvalue weighted by Crippen LogP contribution is -2.42. The van der Waals surface area contributed by atoms with Gasteiger partial charge < -0.3 is 10.6 Å². The van der Waals surface area contributed by atoms with Crippen LogP contribution in [0, 0.1) is 17.3 Å². The molecule has 0 aromatic rings. The van der Waals surface area contributed by atoms with Crippen LogP contribution in [0.2, 0.25) is 0 Å². The van der Waals surface area contributed by atoms with Gasteiger partial charge in [-0.3, -0.25) is 0 Å². The molecule has 0 heterocycles. The highest BCUT2D eigenvalue weighted by atomic mass is 15.1. The van der Waals surface area contributed by atoms with Crippen LogP contribution >= 0.6 is 0 Å². The van der Waals surface area contributed by atoms with Gasteiger partial charge in [0.2, 0.25) is 0 Å². The molecule has 2 heteroatoms. The first-order valence-electron chi connectivity index (χ1n) is 8.42. The lowest BCUT2D eigenvalue weighted by atomic mass is 9.74. The van der Waals surface area contributed by atoms with Crippen molar-refractivity contribution < 1.29 is 0 Å². The Morgan fingerprint density at radius 3 is 2.16 bits per heavy atom. The summed E-state index contributed by atoms with van der Waals surface area (Å²) in [6, 6.07) is 0.827. The van der Waals surface area contributed by atoms with Crippen molar-refractivity contribution in [3.05, 3.63) is 0 Å². The van der Waals surface area contributed by atoms with Gasteiger partial charge in [-0.05, 0) is 69.4 Å². The fourth-order valence-corrected chi connectivity index (χ4v) is 4.18. The van der Waals surface area contributed by atoms with E-state index in [0.717, 1.165) is 24.4 Å². The van der Waals surface area contributed by atoms with Crippen molar-refractivity contribution >= 4 is 0 Å². The molecule has 112 valence electrons. The third kappa shape index (κ3) is 4.19. The summed E-state index contributed by atoms with van der Waals surface area (Å²) in [5.74, 6) is 1.65. The summed E-state index contributed by atoms with van der Waals surface area (Å²) in [7, 11) is 2.35. The normalized spacial score (nSPS) is 32.7. The molecule has 2 nitrogen and oxygen atoms in total. The van der Waals surface area contributed by atoms with Crippen LogP contribution in [0.1, 0.15) is 65.2 Å². The van der Waals surface area contributed by atoms with Gasteiger partial charge in [0.25, 0.3) is 0 Å². The zero-order valence-electron chi connectivity index (χ0n) is 13.3. The Morgan fingerprint density at radius 1 is 1.00 bits per heavy atom. The molecule has 2 aliphatic carbocycles. The molecule has 2 N–H and O–H groups in total. The zero-order chi connectivity index (χ0) is 13.9. The Balaban J connectivity index is 1.81. The molecule has 0 radical (unpaired) electrons. The van der Waals surface area contributed by atoms with Gasteiger partial charge in [-0.25, -0.2) is 0 Å². The van der Waals surface area contributed by atoms with Crippen molar-refractivity contribution in [2.24, 2.45) is 23.0 Å². The third-order valence-electron chi connectivity index (χ3n) is 5.82. The molecule has 2 atom stereocenters. The summed E-state index contributed by atoms with van der Waals surface area (Å²) in [6.07, 6.45) is 11.2. The van der Waals surface area contributed by atoms with Crippen LogP contribution in [0.5, 0.6) is 0 Å². The van der Waals surface area contributed by atoms with Crippen LogP contribution in [0.25, 0.3) is 0 Å². The van der Waals surface area contributed by atoms with E-state index in [9.17, 15) is 0 Å². The average molecular weight is 266 g/mol. The van der Waals surface area contributed by atoms with Gasteiger partial charge >= 0.3 is 0 Å². The monoisotopic (exact) mass is 266 g/mol. The zero-order valence-corrected chi connectivity index (χ0v) is 13.3. The molecule has 0 saturated heterocycles. The lowest BCUT2D eigenvalue weighted by Gasteiger charge is -2.41. The maximum Gasteiger partial charge on any atom is 0.00927 e. The van der Waals surface area contributed by atoms with E-state index in [1.54, 1.807) is 0 Å². The minimum Gasteiger partial charge on any atom is -0.330 e. The molecule has 0 aliphatic heterocycles. The molecule has 19 heavy (non-hydrogen) atoms. The Hall–Kier alpha value is -0.0800. The highest BCUT2D eigenvalue weighted by molar-refractivity contribution is 4.85. The predicted octanol–water partition coefficient (Wildman–Crippen LogP) is 3.65. The van der Waals surface area contributed by atoms with Crippen molar-refractivity contribution in [1.82, 2.24) is 4.90 Å². The predicted molar refractivity (Wildman–Crippen MR) is 83.2 cm³/mol. The fraction of sp³-hybridized carbons (Fsp3) is 1.00. The van der Waals surface area contributed by atoms with Gasteiger partial charge in [-0.1, -0.05) is 26.7 Å². The summed E-state index contributed by atoms with van der Waals surface area (Å²) in [4.78, 5) is 2.66. The van der Waals surface area contributed by atoms with Crippen molar-refractivity contribution in [3.8, 4) is 0 Å². The van der Waals surface area contributed by atoms with E-state index in [1.165, 1.54) is 57.9 Å². The van der Waals surface area contributed by atoms with Crippen LogP contribution in [0.4, 0.5) is 0 Å². The van der Waals surface area contributed by atoms with Gasteiger partial charge in [-0.2, -0.15) is 0 Å². The van der Waals surface area contributed by atoms with Crippen LogP contribution in [0.15, 0.2) is 0 Å². The number of nitrogens with zero attached hydrogens (tertiary/aromatic N) is 1. The summed E-state index contributed by atoms with van der Waals surface area (Å²) in [6.45, 7) is 7.03. The van der Waals surface area contributed by atoms with Gasteiger partial charge in [0, 0.05) is 12.6 Å². The van der Waals surface area contributed by atoms with Gasteiger partial charge in [0.05, 0.1) is 0 Å². The molecule has 2 rings (SSSR count). The summed E-state index contributed by atoms with van der Waals surface area (Å²) in [5.41, 5.74) is 6.55. The minimum atomic E-state index is 0.585. The molecule has 0 spiro atoms. The summed E-state index contributed by atoms with van der Waals surface area (Å²) < 4.78 is 0.